The number of hydrogen-bond donors (Lipinski definition) is 2. The van der Waals surface area contributed by atoms with E-state index < -0.39 is 0 Å². The summed E-state index contributed by atoms with van der Waals surface area (Å²) >= 11 is 2.04. The van der Waals surface area contributed by atoms with Crippen LogP contribution in [0.25, 0.3) is 0 Å². The number of H-pyrrole nitrogens is 1. The van der Waals surface area contributed by atoms with Crippen LogP contribution in [0.2, 0.25) is 0 Å². The zero-order valence-corrected chi connectivity index (χ0v) is 10.8. The van der Waals surface area contributed by atoms with Crippen LogP contribution >= 0.6 is 11.8 Å². The Morgan fingerprint density at radius 1 is 1.44 bits per heavy atom. The van der Waals surface area contributed by atoms with Crippen molar-refractivity contribution in [1.82, 2.24) is 15.3 Å². The van der Waals surface area contributed by atoms with E-state index in [1.807, 2.05) is 18.0 Å². The number of aromatic nitrogens is 2. The Hall–Kier alpha value is -0.480. The zero-order chi connectivity index (χ0) is 11.3. The molecule has 0 bridgehead atoms. The highest BCUT2D eigenvalue weighted by Gasteiger charge is 2.30. The Bertz CT molecular complexity index is 291. The zero-order valence-electron chi connectivity index (χ0n) is 9.96. The Balaban J connectivity index is 1.78. The lowest BCUT2D eigenvalue weighted by Gasteiger charge is -2.36. The molecule has 1 aromatic rings. The molecule has 0 amide bonds. The normalized spacial score (nSPS) is 19.8. The average molecular weight is 239 g/mol. The fraction of sp³-hybridized carbons (Fsp3) is 0.750. The molecule has 1 aliphatic rings. The van der Waals surface area contributed by atoms with Crippen LogP contribution in [0.15, 0.2) is 12.5 Å². The number of thioether (sulfide) groups is 1. The first kappa shape index (κ1) is 12.0. The summed E-state index contributed by atoms with van der Waals surface area (Å²) in [5.41, 5.74) is 1.17. The van der Waals surface area contributed by atoms with E-state index in [-0.39, 0.29) is 0 Å². The van der Waals surface area contributed by atoms with Crippen molar-refractivity contribution in [2.45, 2.75) is 43.4 Å². The molecule has 0 atom stereocenters. The summed E-state index contributed by atoms with van der Waals surface area (Å²) in [4.78, 5) is 7.15. The lowest BCUT2D eigenvalue weighted by Crippen LogP contribution is -2.39. The molecule has 0 aromatic carbocycles. The SMILES string of the molecule is CSC1(CNCc2cnc[nH]2)CCCCC1. The first-order valence-electron chi connectivity index (χ1n) is 6.08. The van der Waals surface area contributed by atoms with Gasteiger partial charge in [0.25, 0.3) is 0 Å². The van der Waals surface area contributed by atoms with Crippen molar-refractivity contribution in [1.29, 1.82) is 0 Å². The minimum Gasteiger partial charge on any atom is -0.347 e. The van der Waals surface area contributed by atoms with Gasteiger partial charge in [0.2, 0.25) is 0 Å². The monoisotopic (exact) mass is 239 g/mol. The number of hydrogen-bond acceptors (Lipinski definition) is 3. The second-order valence-electron chi connectivity index (χ2n) is 4.63. The van der Waals surface area contributed by atoms with Gasteiger partial charge in [-0.1, -0.05) is 19.3 Å². The Kier molecular flexibility index (Phi) is 4.29. The quantitative estimate of drug-likeness (QED) is 0.829. The molecule has 90 valence electrons. The fourth-order valence-electron chi connectivity index (χ4n) is 2.46. The first-order valence-corrected chi connectivity index (χ1v) is 7.30. The van der Waals surface area contributed by atoms with Crippen LogP contribution in [0, 0.1) is 0 Å². The minimum absolute atomic E-state index is 0.484. The van der Waals surface area contributed by atoms with Crippen LogP contribution in [0.1, 0.15) is 37.8 Å². The van der Waals surface area contributed by atoms with Crippen LogP contribution in [0.4, 0.5) is 0 Å². The van der Waals surface area contributed by atoms with Gasteiger partial charge in [0.15, 0.2) is 0 Å². The predicted octanol–water partition coefficient (Wildman–Crippen LogP) is 2.57. The van der Waals surface area contributed by atoms with Gasteiger partial charge in [0.05, 0.1) is 6.33 Å². The van der Waals surface area contributed by atoms with Crippen molar-refractivity contribution >= 4 is 11.8 Å². The molecule has 2 rings (SSSR count). The van der Waals surface area contributed by atoms with Gasteiger partial charge in [-0.25, -0.2) is 4.98 Å². The van der Waals surface area contributed by atoms with Gasteiger partial charge in [-0.15, -0.1) is 0 Å². The van der Waals surface area contributed by atoms with E-state index in [0.29, 0.717) is 4.75 Å². The summed E-state index contributed by atoms with van der Waals surface area (Å²) in [6.45, 7) is 2.02. The first-order chi connectivity index (χ1) is 7.85. The molecule has 3 nitrogen and oxygen atoms in total. The van der Waals surface area contributed by atoms with E-state index in [0.717, 1.165) is 13.1 Å². The number of rotatable bonds is 5. The summed E-state index contributed by atoms with van der Waals surface area (Å²) in [7, 11) is 0. The van der Waals surface area contributed by atoms with E-state index >= 15 is 0 Å². The molecule has 1 aromatic heterocycles. The van der Waals surface area contributed by atoms with Crippen molar-refractivity contribution < 1.29 is 0 Å². The van der Waals surface area contributed by atoms with E-state index in [9.17, 15) is 0 Å². The lowest BCUT2D eigenvalue weighted by atomic mass is 9.88. The van der Waals surface area contributed by atoms with Crippen molar-refractivity contribution in [2.75, 3.05) is 12.8 Å². The van der Waals surface area contributed by atoms with Crippen molar-refractivity contribution in [3.63, 3.8) is 0 Å². The van der Waals surface area contributed by atoms with Gasteiger partial charge in [-0.05, 0) is 19.1 Å². The highest BCUT2D eigenvalue weighted by molar-refractivity contribution is 8.00. The molecule has 2 N–H and O–H groups in total. The summed E-state index contributed by atoms with van der Waals surface area (Å²) in [5, 5.41) is 3.56. The Morgan fingerprint density at radius 3 is 2.88 bits per heavy atom. The molecule has 1 fully saturated rings. The van der Waals surface area contributed by atoms with Crippen molar-refractivity contribution in [3.8, 4) is 0 Å². The molecular weight excluding hydrogens is 218 g/mol. The molecule has 1 aliphatic carbocycles. The molecule has 0 saturated heterocycles. The molecule has 1 saturated carbocycles. The predicted molar refractivity (Wildman–Crippen MR) is 69.6 cm³/mol. The van der Waals surface area contributed by atoms with Gasteiger partial charge in [0, 0.05) is 29.7 Å². The summed E-state index contributed by atoms with van der Waals surface area (Å²) in [6.07, 6.45) is 12.8. The van der Waals surface area contributed by atoms with Crippen LogP contribution in [0.3, 0.4) is 0 Å². The number of imidazole rings is 1. The van der Waals surface area contributed by atoms with Gasteiger partial charge in [-0.3, -0.25) is 0 Å². The van der Waals surface area contributed by atoms with Crippen molar-refractivity contribution in [2.24, 2.45) is 0 Å². The highest BCUT2D eigenvalue weighted by atomic mass is 32.2. The van der Waals surface area contributed by atoms with Gasteiger partial charge in [-0.2, -0.15) is 11.8 Å². The minimum atomic E-state index is 0.484. The molecule has 1 heterocycles. The van der Waals surface area contributed by atoms with Gasteiger partial charge < -0.3 is 10.3 Å². The van der Waals surface area contributed by atoms with Crippen LogP contribution in [0.5, 0.6) is 0 Å². The number of nitrogens with one attached hydrogen (secondary N) is 2. The Labute approximate surface area is 102 Å². The van der Waals surface area contributed by atoms with Gasteiger partial charge in [0.1, 0.15) is 0 Å². The average Bonchev–Trinajstić information content (AvgIpc) is 2.83. The molecule has 0 aliphatic heterocycles. The van der Waals surface area contributed by atoms with E-state index in [2.05, 4.69) is 21.5 Å². The van der Waals surface area contributed by atoms with E-state index in [4.69, 9.17) is 0 Å². The maximum atomic E-state index is 4.02. The molecule has 0 radical (unpaired) electrons. The smallest absolute Gasteiger partial charge is 0.0922 e. The van der Waals surface area contributed by atoms with Crippen LogP contribution in [-0.4, -0.2) is 27.5 Å². The molecular formula is C12H21N3S. The Morgan fingerprint density at radius 2 is 2.25 bits per heavy atom. The third kappa shape index (κ3) is 3.01. The highest BCUT2D eigenvalue weighted by Crippen LogP contribution is 2.37. The van der Waals surface area contributed by atoms with Gasteiger partial charge >= 0.3 is 0 Å². The maximum absolute atomic E-state index is 4.02. The van der Waals surface area contributed by atoms with Crippen LogP contribution in [-0.2, 0) is 6.54 Å². The standard InChI is InChI=1S/C12H21N3S/c1-16-12(5-3-2-4-6-12)9-13-7-11-8-14-10-15-11/h8,10,13H,2-7,9H2,1H3,(H,14,15). The summed E-state index contributed by atoms with van der Waals surface area (Å²) in [5.74, 6) is 0. The third-order valence-corrected chi connectivity index (χ3v) is 4.93. The number of nitrogens with zero attached hydrogens (tertiary/aromatic N) is 1. The molecule has 0 unspecified atom stereocenters. The lowest BCUT2D eigenvalue weighted by molar-refractivity contribution is 0.379. The second kappa shape index (κ2) is 5.73. The third-order valence-electron chi connectivity index (χ3n) is 3.52. The summed E-state index contributed by atoms with van der Waals surface area (Å²) < 4.78 is 0.484. The summed E-state index contributed by atoms with van der Waals surface area (Å²) in [6, 6.07) is 0. The maximum Gasteiger partial charge on any atom is 0.0922 e. The van der Waals surface area contributed by atoms with E-state index in [1.54, 1.807) is 6.33 Å². The van der Waals surface area contributed by atoms with E-state index in [1.165, 1.54) is 37.8 Å². The molecule has 4 heteroatoms. The molecule has 0 spiro atoms. The molecule has 16 heavy (non-hydrogen) atoms. The number of aromatic amines is 1. The van der Waals surface area contributed by atoms with Crippen LogP contribution < -0.4 is 5.32 Å². The topological polar surface area (TPSA) is 40.7 Å². The second-order valence-corrected chi connectivity index (χ2v) is 5.90. The van der Waals surface area contributed by atoms with Crippen molar-refractivity contribution in [3.05, 3.63) is 18.2 Å². The largest absolute Gasteiger partial charge is 0.347 e. The fourth-order valence-corrected chi connectivity index (χ4v) is 3.40.